The molecule has 116 valence electrons. The van der Waals surface area contributed by atoms with Crippen molar-refractivity contribution in [1.82, 2.24) is 15.1 Å². The number of carbonyl (C=O) groups excluding carboxylic acids is 3. The van der Waals surface area contributed by atoms with Crippen molar-refractivity contribution in [2.45, 2.75) is 26.3 Å². The highest BCUT2D eigenvalue weighted by Crippen LogP contribution is 2.15. The molecule has 0 bridgehead atoms. The smallest absolute Gasteiger partial charge is 0.327 e. The number of halogens is 1. The molecule has 4 amide bonds. The van der Waals surface area contributed by atoms with E-state index in [1.807, 2.05) is 20.8 Å². The van der Waals surface area contributed by atoms with Gasteiger partial charge in [-0.1, -0.05) is 13.8 Å². The highest BCUT2D eigenvalue weighted by atomic mass is 35.5. The summed E-state index contributed by atoms with van der Waals surface area (Å²) in [4.78, 5) is 37.4. The first kappa shape index (κ1) is 18.7. The average molecular weight is 307 g/mol. The zero-order chi connectivity index (χ0) is 14.8. The second-order valence-corrected chi connectivity index (χ2v) is 5.44. The fraction of sp³-hybridized carbons (Fsp3) is 0.750. The molecule has 0 aromatic rings. The summed E-state index contributed by atoms with van der Waals surface area (Å²) in [6.45, 7) is 5.79. The van der Waals surface area contributed by atoms with Crippen molar-refractivity contribution in [2.75, 3.05) is 26.7 Å². The third-order valence-corrected chi connectivity index (χ3v) is 3.66. The molecule has 3 N–H and O–H groups in total. The van der Waals surface area contributed by atoms with Crippen LogP contribution in [0.15, 0.2) is 0 Å². The number of nitrogens with two attached hydrogens (primary N) is 1. The first-order chi connectivity index (χ1) is 8.71. The Labute approximate surface area is 125 Å². The number of carbonyl (C=O) groups is 3. The minimum Gasteiger partial charge on any atom is -0.348 e. The Balaban J connectivity index is 0.00000361. The van der Waals surface area contributed by atoms with Crippen LogP contribution in [0.2, 0.25) is 0 Å². The lowest BCUT2D eigenvalue weighted by molar-refractivity contribution is -0.131. The molecule has 1 aliphatic heterocycles. The van der Waals surface area contributed by atoms with E-state index in [9.17, 15) is 14.4 Å². The molecule has 0 saturated carbocycles. The Hall–Kier alpha value is -1.34. The summed E-state index contributed by atoms with van der Waals surface area (Å²) in [6, 6.07) is -0.445. The lowest BCUT2D eigenvalue weighted by atomic mass is 9.88. The van der Waals surface area contributed by atoms with Crippen molar-refractivity contribution in [3.8, 4) is 0 Å². The maximum absolute atomic E-state index is 11.9. The summed E-state index contributed by atoms with van der Waals surface area (Å²) >= 11 is 0. The standard InChI is InChI=1S/C12H22N4O3.ClH/c1-8(2)12(3,7-13)14-9(17)5-16-10(18)6-15(4)11(16)19;/h8H,5-7,13H2,1-4H3,(H,14,17);1H. The number of rotatable bonds is 5. The predicted octanol–water partition coefficient (Wildman–Crippen LogP) is -0.208. The molecule has 1 fully saturated rings. The van der Waals surface area contributed by atoms with E-state index in [-0.39, 0.29) is 49.8 Å². The van der Waals surface area contributed by atoms with Gasteiger partial charge >= 0.3 is 6.03 Å². The van der Waals surface area contributed by atoms with Crippen LogP contribution in [-0.4, -0.2) is 59.9 Å². The van der Waals surface area contributed by atoms with Gasteiger partial charge < -0.3 is 16.0 Å². The van der Waals surface area contributed by atoms with Crippen molar-refractivity contribution in [3.05, 3.63) is 0 Å². The molecule has 0 aromatic heterocycles. The Kier molecular flexibility index (Phi) is 6.43. The summed E-state index contributed by atoms with van der Waals surface area (Å²) in [5.41, 5.74) is 5.12. The van der Waals surface area contributed by atoms with E-state index < -0.39 is 11.6 Å². The minimum atomic E-state index is -0.547. The number of amides is 4. The Bertz CT molecular complexity index is 402. The molecule has 0 aromatic carbocycles. The van der Waals surface area contributed by atoms with Crippen LogP contribution in [-0.2, 0) is 9.59 Å². The largest absolute Gasteiger partial charge is 0.348 e. The van der Waals surface area contributed by atoms with Crippen LogP contribution < -0.4 is 11.1 Å². The Morgan fingerprint density at radius 1 is 1.45 bits per heavy atom. The molecule has 1 saturated heterocycles. The third-order valence-electron chi connectivity index (χ3n) is 3.66. The molecule has 1 unspecified atom stereocenters. The van der Waals surface area contributed by atoms with Crippen LogP contribution in [0, 0.1) is 5.92 Å². The number of likely N-dealkylation sites (N-methyl/N-ethyl adjacent to an activating group) is 1. The van der Waals surface area contributed by atoms with Crippen molar-refractivity contribution >= 4 is 30.3 Å². The molecule has 0 spiro atoms. The number of hydrogen-bond acceptors (Lipinski definition) is 4. The summed E-state index contributed by atoms with van der Waals surface area (Å²) in [5, 5.41) is 2.80. The molecule has 1 heterocycles. The molecule has 8 heteroatoms. The summed E-state index contributed by atoms with van der Waals surface area (Å²) < 4.78 is 0. The van der Waals surface area contributed by atoms with Gasteiger partial charge in [0.1, 0.15) is 13.1 Å². The molecular weight excluding hydrogens is 284 g/mol. The van der Waals surface area contributed by atoms with Gasteiger partial charge in [-0.2, -0.15) is 0 Å². The highest BCUT2D eigenvalue weighted by molar-refractivity contribution is 6.04. The monoisotopic (exact) mass is 306 g/mol. The summed E-state index contributed by atoms with van der Waals surface area (Å²) in [7, 11) is 1.52. The predicted molar refractivity (Wildman–Crippen MR) is 77.4 cm³/mol. The van der Waals surface area contributed by atoms with Crippen molar-refractivity contribution in [2.24, 2.45) is 11.7 Å². The summed E-state index contributed by atoms with van der Waals surface area (Å²) in [6.07, 6.45) is 0. The number of nitrogens with one attached hydrogen (secondary N) is 1. The molecule has 1 rings (SSSR count). The number of imide groups is 1. The summed E-state index contributed by atoms with van der Waals surface area (Å²) in [5.74, 6) is -0.589. The van der Waals surface area contributed by atoms with Gasteiger partial charge in [-0.05, 0) is 12.8 Å². The van der Waals surface area contributed by atoms with Crippen molar-refractivity contribution < 1.29 is 14.4 Å². The van der Waals surface area contributed by atoms with E-state index >= 15 is 0 Å². The van der Waals surface area contributed by atoms with E-state index in [0.29, 0.717) is 0 Å². The van der Waals surface area contributed by atoms with Crippen LogP contribution in [0.25, 0.3) is 0 Å². The maximum atomic E-state index is 11.9. The first-order valence-electron chi connectivity index (χ1n) is 6.28. The van der Waals surface area contributed by atoms with Gasteiger partial charge in [0.05, 0.1) is 5.54 Å². The van der Waals surface area contributed by atoms with Crippen LogP contribution in [0.5, 0.6) is 0 Å². The van der Waals surface area contributed by atoms with E-state index in [0.717, 1.165) is 4.90 Å². The molecule has 0 aliphatic carbocycles. The van der Waals surface area contributed by atoms with E-state index in [2.05, 4.69) is 5.32 Å². The first-order valence-corrected chi connectivity index (χ1v) is 6.28. The van der Waals surface area contributed by atoms with Crippen LogP contribution in [0.3, 0.4) is 0 Å². The zero-order valence-electron chi connectivity index (χ0n) is 12.3. The fourth-order valence-corrected chi connectivity index (χ4v) is 1.76. The molecule has 1 atom stereocenters. The molecule has 20 heavy (non-hydrogen) atoms. The zero-order valence-corrected chi connectivity index (χ0v) is 13.1. The average Bonchev–Trinajstić information content (AvgIpc) is 2.55. The lowest BCUT2D eigenvalue weighted by Gasteiger charge is -2.34. The highest BCUT2D eigenvalue weighted by Gasteiger charge is 2.36. The number of urea groups is 1. The lowest BCUT2D eigenvalue weighted by Crippen LogP contribution is -2.57. The van der Waals surface area contributed by atoms with Gasteiger partial charge in [0.2, 0.25) is 5.91 Å². The van der Waals surface area contributed by atoms with Gasteiger partial charge in [0.25, 0.3) is 5.91 Å². The molecular formula is C12H23ClN4O3. The van der Waals surface area contributed by atoms with Gasteiger partial charge in [0, 0.05) is 13.6 Å². The Morgan fingerprint density at radius 3 is 2.35 bits per heavy atom. The third kappa shape index (κ3) is 3.83. The van der Waals surface area contributed by atoms with Gasteiger partial charge in [-0.25, -0.2) is 4.79 Å². The van der Waals surface area contributed by atoms with Crippen LogP contribution in [0.1, 0.15) is 20.8 Å². The van der Waals surface area contributed by atoms with Gasteiger partial charge in [-0.15, -0.1) is 12.4 Å². The maximum Gasteiger partial charge on any atom is 0.327 e. The molecule has 7 nitrogen and oxygen atoms in total. The fourth-order valence-electron chi connectivity index (χ4n) is 1.76. The van der Waals surface area contributed by atoms with Gasteiger partial charge in [-0.3, -0.25) is 14.5 Å². The van der Waals surface area contributed by atoms with Crippen molar-refractivity contribution in [3.63, 3.8) is 0 Å². The van der Waals surface area contributed by atoms with E-state index in [1.54, 1.807) is 0 Å². The van der Waals surface area contributed by atoms with E-state index in [4.69, 9.17) is 5.73 Å². The van der Waals surface area contributed by atoms with Gasteiger partial charge in [0.15, 0.2) is 0 Å². The molecule has 1 aliphatic rings. The second-order valence-electron chi connectivity index (χ2n) is 5.44. The Morgan fingerprint density at radius 2 is 2.00 bits per heavy atom. The second kappa shape index (κ2) is 6.90. The topological polar surface area (TPSA) is 95.7 Å². The number of hydrogen-bond donors (Lipinski definition) is 2. The quantitative estimate of drug-likeness (QED) is 0.687. The van der Waals surface area contributed by atoms with E-state index in [1.165, 1.54) is 11.9 Å². The SMILES string of the molecule is CC(C)C(C)(CN)NC(=O)CN1C(=O)CN(C)C1=O.Cl. The number of nitrogens with zero attached hydrogens (tertiary/aromatic N) is 2. The van der Waals surface area contributed by atoms with Crippen LogP contribution >= 0.6 is 12.4 Å². The normalized spacial score (nSPS) is 18.1. The molecule has 0 radical (unpaired) electrons. The van der Waals surface area contributed by atoms with Crippen molar-refractivity contribution in [1.29, 1.82) is 0 Å². The minimum absolute atomic E-state index is 0. The van der Waals surface area contributed by atoms with Crippen LogP contribution in [0.4, 0.5) is 4.79 Å².